The molecule has 1 aliphatic heterocycles. The van der Waals surface area contributed by atoms with Gasteiger partial charge in [0.2, 0.25) is 11.8 Å². The average Bonchev–Trinajstić information content (AvgIpc) is 3.26. The van der Waals surface area contributed by atoms with E-state index in [2.05, 4.69) is 5.32 Å². The van der Waals surface area contributed by atoms with Crippen molar-refractivity contribution in [3.63, 3.8) is 0 Å². The van der Waals surface area contributed by atoms with Crippen LogP contribution >= 0.6 is 0 Å². The minimum atomic E-state index is -1.01. The van der Waals surface area contributed by atoms with E-state index in [-0.39, 0.29) is 18.2 Å². The molecule has 1 unspecified atom stereocenters. The molecule has 1 aromatic heterocycles. The van der Waals surface area contributed by atoms with Gasteiger partial charge in [-0.2, -0.15) is 0 Å². The van der Waals surface area contributed by atoms with E-state index in [9.17, 15) is 19.5 Å². The van der Waals surface area contributed by atoms with Gasteiger partial charge in [-0.25, -0.2) is 0 Å². The minimum absolute atomic E-state index is 0.0786. The van der Waals surface area contributed by atoms with Crippen molar-refractivity contribution in [1.29, 1.82) is 0 Å². The summed E-state index contributed by atoms with van der Waals surface area (Å²) in [6, 6.07) is 10.3. The van der Waals surface area contributed by atoms with Gasteiger partial charge in [0.25, 0.3) is 0 Å². The molecular weight excluding hydrogens is 348 g/mol. The number of furan rings is 1. The second kappa shape index (κ2) is 7.26. The Morgan fingerprint density at radius 3 is 2.56 bits per heavy atom. The number of carbonyl (C=O) groups is 3. The van der Waals surface area contributed by atoms with Gasteiger partial charge in [-0.05, 0) is 43.7 Å². The number of benzene rings is 1. The molecule has 3 rings (SSSR count). The molecular formula is C20H22N2O5. The van der Waals surface area contributed by atoms with Gasteiger partial charge >= 0.3 is 5.97 Å². The second-order valence-corrected chi connectivity index (χ2v) is 7.25. The number of rotatable bonds is 6. The maximum Gasteiger partial charge on any atom is 0.313 e. The van der Waals surface area contributed by atoms with Crippen LogP contribution in [0.4, 0.5) is 5.69 Å². The molecule has 1 aromatic carbocycles. The Balaban J connectivity index is 1.61. The summed E-state index contributed by atoms with van der Waals surface area (Å²) in [5.74, 6) is -0.968. The predicted octanol–water partition coefficient (Wildman–Crippen LogP) is 2.63. The third kappa shape index (κ3) is 4.02. The van der Waals surface area contributed by atoms with Gasteiger partial charge in [-0.15, -0.1) is 0 Å². The Kier molecular flexibility index (Phi) is 5.03. The minimum Gasteiger partial charge on any atom is -0.481 e. The van der Waals surface area contributed by atoms with E-state index in [4.69, 9.17) is 4.42 Å². The fourth-order valence-electron chi connectivity index (χ4n) is 3.03. The highest BCUT2D eigenvalue weighted by atomic mass is 16.4. The number of carboxylic acids is 1. The molecule has 1 saturated heterocycles. The van der Waals surface area contributed by atoms with Crippen LogP contribution in [0.2, 0.25) is 0 Å². The number of carbonyl (C=O) groups excluding carboxylic acids is 2. The lowest BCUT2D eigenvalue weighted by molar-refractivity contribution is -0.142. The van der Waals surface area contributed by atoms with Crippen molar-refractivity contribution in [3.8, 4) is 0 Å². The van der Waals surface area contributed by atoms with E-state index in [1.54, 1.807) is 61.4 Å². The van der Waals surface area contributed by atoms with E-state index in [1.165, 1.54) is 0 Å². The summed E-state index contributed by atoms with van der Waals surface area (Å²) in [7, 11) is 0. The largest absolute Gasteiger partial charge is 0.481 e. The molecule has 0 spiro atoms. The van der Waals surface area contributed by atoms with Crippen molar-refractivity contribution in [2.45, 2.75) is 32.2 Å². The SMILES string of the molecule is CC(C)(C(=O)O)c1ccc(NC(=O)C2CC(=O)N(Cc3ccco3)C2)cc1. The molecule has 0 saturated carbocycles. The topological polar surface area (TPSA) is 99.8 Å². The Morgan fingerprint density at radius 2 is 1.96 bits per heavy atom. The monoisotopic (exact) mass is 370 g/mol. The summed E-state index contributed by atoms with van der Waals surface area (Å²) in [4.78, 5) is 37.6. The highest BCUT2D eigenvalue weighted by Gasteiger charge is 2.35. The molecule has 1 atom stereocenters. The zero-order valence-electron chi connectivity index (χ0n) is 15.3. The molecule has 27 heavy (non-hydrogen) atoms. The molecule has 142 valence electrons. The lowest BCUT2D eigenvalue weighted by atomic mass is 9.85. The summed E-state index contributed by atoms with van der Waals surface area (Å²) in [6.45, 7) is 3.95. The third-order valence-corrected chi connectivity index (χ3v) is 4.92. The lowest BCUT2D eigenvalue weighted by Crippen LogP contribution is -2.29. The zero-order valence-corrected chi connectivity index (χ0v) is 15.3. The molecule has 2 N–H and O–H groups in total. The Morgan fingerprint density at radius 1 is 1.26 bits per heavy atom. The molecule has 1 aliphatic rings. The fraction of sp³-hybridized carbons (Fsp3) is 0.350. The number of nitrogens with zero attached hydrogens (tertiary/aromatic N) is 1. The summed E-state index contributed by atoms with van der Waals surface area (Å²) in [5.41, 5.74) is 0.211. The van der Waals surface area contributed by atoms with Crippen LogP contribution in [0.1, 0.15) is 31.6 Å². The number of likely N-dealkylation sites (tertiary alicyclic amines) is 1. The molecule has 0 radical (unpaired) electrons. The van der Waals surface area contributed by atoms with Gasteiger partial charge in [-0.3, -0.25) is 14.4 Å². The highest BCUT2D eigenvalue weighted by molar-refractivity contribution is 5.97. The van der Waals surface area contributed by atoms with Gasteiger partial charge in [0.05, 0.1) is 24.1 Å². The van der Waals surface area contributed by atoms with Gasteiger partial charge in [0.15, 0.2) is 0 Å². The van der Waals surface area contributed by atoms with Crippen LogP contribution in [0.5, 0.6) is 0 Å². The maximum absolute atomic E-state index is 12.5. The van der Waals surface area contributed by atoms with Crippen LogP contribution in [-0.2, 0) is 26.3 Å². The highest BCUT2D eigenvalue weighted by Crippen LogP contribution is 2.26. The molecule has 0 bridgehead atoms. The molecule has 7 nitrogen and oxygen atoms in total. The molecule has 2 aromatic rings. The summed E-state index contributed by atoms with van der Waals surface area (Å²) < 4.78 is 5.25. The molecule has 7 heteroatoms. The number of carboxylic acid groups (broad SMARTS) is 1. The second-order valence-electron chi connectivity index (χ2n) is 7.25. The first-order valence-corrected chi connectivity index (χ1v) is 8.72. The molecule has 1 fully saturated rings. The average molecular weight is 370 g/mol. The first-order valence-electron chi connectivity index (χ1n) is 8.72. The van der Waals surface area contributed by atoms with Crippen molar-refractivity contribution < 1.29 is 23.9 Å². The maximum atomic E-state index is 12.5. The van der Waals surface area contributed by atoms with Gasteiger partial charge < -0.3 is 19.7 Å². The standard InChI is InChI=1S/C20H22N2O5/c1-20(2,19(25)26)14-5-7-15(8-6-14)21-18(24)13-10-17(23)22(11-13)12-16-4-3-9-27-16/h3-9,13H,10-12H2,1-2H3,(H,21,24)(H,25,26). The summed E-state index contributed by atoms with van der Waals surface area (Å²) in [6.07, 6.45) is 1.71. The van der Waals surface area contributed by atoms with Crippen LogP contribution in [0.3, 0.4) is 0 Å². The van der Waals surface area contributed by atoms with Crippen LogP contribution in [-0.4, -0.2) is 34.3 Å². The van der Waals surface area contributed by atoms with Crippen LogP contribution in [0.15, 0.2) is 47.1 Å². The van der Waals surface area contributed by atoms with Crippen LogP contribution in [0, 0.1) is 5.92 Å². The Labute approximate surface area is 157 Å². The normalized spacial score (nSPS) is 17.2. The van der Waals surface area contributed by atoms with Crippen LogP contribution in [0.25, 0.3) is 0 Å². The number of amides is 2. The van der Waals surface area contributed by atoms with Crippen molar-refractivity contribution in [2.75, 3.05) is 11.9 Å². The fourth-order valence-corrected chi connectivity index (χ4v) is 3.03. The Bertz CT molecular complexity index is 840. The first kappa shape index (κ1) is 18.7. The molecule has 0 aliphatic carbocycles. The quantitative estimate of drug-likeness (QED) is 0.814. The van der Waals surface area contributed by atoms with Crippen molar-refractivity contribution >= 4 is 23.5 Å². The van der Waals surface area contributed by atoms with E-state index in [1.807, 2.05) is 0 Å². The number of nitrogens with one attached hydrogen (secondary N) is 1. The summed E-state index contributed by atoms with van der Waals surface area (Å²) >= 11 is 0. The molecule has 2 amide bonds. The summed E-state index contributed by atoms with van der Waals surface area (Å²) in [5, 5.41) is 12.1. The van der Waals surface area contributed by atoms with Gasteiger partial charge in [-0.1, -0.05) is 12.1 Å². The molecule has 2 heterocycles. The van der Waals surface area contributed by atoms with E-state index in [0.717, 1.165) is 0 Å². The van der Waals surface area contributed by atoms with E-state index in [0.29, 0.717) is 30.1 Å². The Hall–Kier alpha value is -3.09. The van der Waals surface area contributed by atoms with E-state index >= 15 is 0 Å². The van der Waals surface area contributed by atoms with Crippen molar-refractivity contribution in [3.05, 3.63) is 54.0 Å². The number of anilines is 1. The first-order chi connectivity index (χ1) is 12.8. The number of hydrogen-bond acceptors (Lipinski definition) is 4. The predicted molar refractivity (Wildman–Crippen MR) is 98.0 cm³/mol. The lowest BCUT2D eigenvalue weighted by Gasteiger charge is -2.20. The smallest absolute Gasteiger partial charge is 0.313 e. The third-order valence-electron chi connectivity index (χ3n) is 4.92. The van der Waals surface area contributed by atoms with Gasteiger partial charge in [0, 0.05) is 18.7 Å². The van der Waals surface area contributed by atoms with Crippen molar-refractivity contribution in [1.82, 2.24) is 4.90 Å². The van der Waals surface area contributed by atoms with Gasteiger partial charge in [0.1, 0.15) is 5.76 Å². The zero-order chi connectivity index (χ0) is 19.6. The van der Waals surface area contributed by atoms with Crippen molar-refractivity contribution in [2.24, 2.45) is 5.92 Å². The number of hydrogen-bond donors (Lipinski definition) is 2. The number of aliphatic carboxylic acids is 1. The van der Waals surface area contributed by atoms with Crippen LogP contribution < -0.4 is 5.32 Å². The van der Waals surface area contributed by atoms with E-state index < -0.39 is 17.3 Å².